The maximum absolute atomic E-state index is 8.89. The molecule has 1 fully saturated rings. The van der Waals surface area contributed by atoms with Gasteiger partial charge in [0.05, 0.1) is 0 Å². The Morgan fingerprint density at radius 1 is 1.43 bits per heavy atom. The minimum Gasteiger partial charge on any atom is -0.396 e. The fourth-order valence-corrected chi connectivity index (χ4v) is 2.84. The van der Waals surface area contributed by atoms with E-state index in [1.54, 1.807) is 0 Å². The molecule has 2 heterocycles. The molecule has 0 unspecified atom stereocenters. The first kappa shape index (κ1) is 10.1. The lowest BCUT2D eigenvalue weighted by Crippen LogP contribution is -2.47. The van der Waals surface area contributed by atoms with Crippen LogP contribution in [0.1, 0.15) is 16.7 Å². The number of rotatable bonds is 4. The Balaban J connectivity index is 1.81. The van der Waals surface area contributed by atoms with E-state index in [1.807, 2.05) is 11.3 Å². The highest BCUT2D eigenvalue weighted by molar-refractivity contribution is 7.11. The van der Waals surface area contributed by atoms with Gasteiger partial charge in [-0.25, -0.2) is 0 Å². The second-order valence-electron chi connectivity index (χ2n) is 3.96. The number of aliphatic hydroxyl groups excluding tert-OH is 1. The van der Waals surface area contributed by atoms with Gasteiger partial charge in [0.25, 0.3) is 0 Å². The molecule has 0 atom stereocenters. The summed E-state index contributed by atoms with van der Waals surface area (Å²) < 4.78 is 0. The molecule has 1 aromatic heterocycles. The maximum atomic E-state index is 8.89. The van der Waals surface area contributed by atoms with E-state index in [-0.39, 0.29) is 0 Å². The van der Waals surface area contributed by atoms with E-state index in [0.717, 1.165) is 26.1 Å². The third-order valence-electron chi connectivity index (χ3n) is 2.74. The second-order valence-corrected chi connectivity index (χ2v) is 5.22. The van der Waals surface area contributed by atoms with E-state index in [2.05, 4.69) is 24.0 Å². The average molecular weight is 211 g/mol. The summed E-state index contributed by atoms with van der Waals surface area (Å²) in [6.07, 6.45) is 1.14. The van der Waals surface area contributed by atoms with E-state index in [1.165, 1.54) is 9.75 Å². The van der Waals surface area contributed by atoms with E-state index in [0.29, 0.717) is 12.5 Å². The van der Waals surface area contributed by atoms with E-state index in [9.17, 15) is 0 Å². The first-order valence-electron chi connectivity index (χ1n) is 5.22. The number of aliphatic hydroxyl groups is 1. The average Bonchev–Trinajstić information content (AvgIpc) is 2.58. The number of nitrogens with zero attached hydrogens (tertiary/aromatic N) is 1. The predicted molar refractivity (Wildman–Crippen MR) is 59.5 cm³/mol. The van der Waals surface area contributed by atoms with Crippen molar-refractivity contribution in [2.24, 2.45) is 5.92 Å². The third kappa shape index (κ3) is 2.16. The van der Waals surface area contributed by atoms with Crippen LogP contribution in [0.3, 0.4) is 0 Å². The van der Waals surface area contributed by atoms with Crippen molar-refractivity contribution in [1.29, 1.82) is 0 Å². The van der Waals surface area contributed by atoms with E-state index in [4.69, 9.17) is 5.11 Å². The molecule has 0 spiro atoms. The van der Waals surface area contributed by atoms with Crippen LogP contribution in [0.15, 0.2) is 12.1 Å². The minimum absolute atomic E-state index is 0.348. The van der Waals surface area contributed by atoms with Gasteiger partial charge >= 0.3 is 0 Å². The summed E-state index contributed by atoms with van der Waals surface area (Å²) >= 11 is 1.92. The zero-order valence-electron chi connectivity index (χ0n) is 8.57. The van der Waals surface area contributed by atoms with Crippen LogP contribution in [-0.4, -0.2) is 29.7 Å². The number of hydrogen-bond donors (Lipinski definition) is 1. The molecule has 2 rings (SSSR count). The van der Waals surface area contributed by atoms with Crippen LogP contribution in [0, 0.1) is 5.92 Å². The molecule has 0 amide bonds. The van der Waals surface area contributed by atoms with Crippen LogP contribution in [-0.2, 0) is 13.0 Å². The van der Waals surface area contributed by atoms with Gasteiger partial charge in [0, 0.05) is 41.9 Å². The molecule has 1 N–H and O–H groups in total. The molecule has 0 aliphatic carbocycles. The van der Waals surface area contributed by atoms with Crippen molar-refractivity contribution in [3.63, 3.8) is 0 Å². The van der Waals surface area contributed by atoms with Gasteiger partial charge in [0.15, 0.2) is 0 Å². The van der Waals surface area contributed by atoms with E-state index < -0.39 is 0 Å². The Morgan fingerprint density at radius 2 is 2.14 bits per heavy atom. The zero-order chi connectivity index (χ0) is 9.97. The summed E-state index contributed by atoms with van der Waals surface area (Å²) in [7, 11) is 0. The van der Waals surface area contributed by atoms with Gasteiger partial charge in [-0.1, -0.05) is 6.92 Å². The smallest absolute Gasteiger partial charge is 0.0483 e. The quantitative estimate of drug-likeness (QED) is 0.820. The van der Waals surface area contributed by atoms with Gasteiger partial charge < -0.3 is 5.11 Å². The number of thiophene rings is 1. The Morgan fingerprint density at radius 3 is 2.71 bits per heavy atom. The van der Waals surface area contributed by atoms with Crippen LogP contribution in [0.5, 0.6) is 0 Å². The van der Waals surface area contributed by atoms with Crippen molar-refractivity contribution >= 4 is 11.3 Å². The molecule has 1 aliphatic heterocycles. The molecule has 1 saturated heterocycles. The van der Waals surface area contributed by atoms with Crippen molar-refractivity contribution in [1.82, 2.24) is 4.90 Å². The molecule has 1 aromatic rings. The summed E-state index contributed by atoms with van der Waals surface area (Å²) in [5.74, 6) is 0.528. The van der Waals surface area contributed by atoms with Crippen LogP contribution < -0.4 is 0 Å². The third-order valence-corrected chi connectivity index (χ3v) is 3.95. The summed E-state index contributed by atoms with van der Waals surface area (Å²) in [5, 5.41) is 8.89. The fourth-order valence-electron chi connectivity index (χ4n) is 1.84. The molecular weight excluding hydrogens is 194 g/mol. The standard InChI is InChI=1S/C11H17NOS/c1-2-10-3-4-11(14-10)7-12-5-9(6-12)8-13/h3-4,9,13H,2,5-8H2,1H3. The van der Waals surface area contributed by atoms with Gasteiger partial charge in [-0.2, -0.15) is 0 Å². The largest absolute Gasteiger partial charge is 0.396 e. The molecule has 14 heavy (non-hydrogen) atoms. The van der Waals surface area contributed by atoms with Crippen molar-refractivity contribution in [2.45, 2.75) is 19.9 Å². The second kappa shape index (κ2) is 4.43. The first-order chi connectivity index (χ1) is 6.81. The summed E-state index contributed by atoms with van der Waals surface area (Å²) in [4.78, 5) is 5.32. The maximum Gasteiger partial charge on any atom is 0.0483 e. The van der Waals surface area contributed by atoms with Gasteiger partial charge in [0.2, 0.25) is 0 Å². The van der Waals surface area contributed by atoms with Crippen molar-refractivity contribution in [3.05, 3.63) is 21.9 Å². The lowest BCUT2D eigenvalue weighted by molar-refractivity contribution is 0.0487. The SMILES string of the molecule is CCc1ccc(CN2CC(CO)C2)s1. The van der Waals surface area contributed by atoms with Gasteiger partial charge in [-0.3, -0.25) is 4.90 Å². The number of likely N-dealkylation sites (tertiary alicyclic amines) is 1. The van der Waals surface area contributed by atoms with Crippen LogP contribution in [0.25, 0.3) is 0 Å². The molecule has 0 aromatic carbocycles. The normalized spacial score (nSPS) is 18.4. The van der Waals surface area contributed by atoms with Gasteiger partial charge in [0.1, 0.15) is 0 Å². The Kier molecular flexibility index (Phi) is 3.21. The van der Waals surface area contributed by atoms with Crippen LogP contribution >= 0.6 is 11.3 Å². The van der Waals surface area contributed by atoms with Crippen molar-refractivity contribution in [3.8, 4) is 0 Å². The van der Waals surface area contributed by atoms with Crippen molar-refractivity contribution < 1.29 is 5.11 Å². The molecular formula is C11H17NOS. The summed E-state index contributed by atoms with van der Waals surface area (Å²) in [6, 6.07) is 4.46. The highest BCUT2D eigenvalue weighted by atomic mass is 32.1. The first-order valence-corrected chi connectivity index (χ1v) is 6.04. The Labute approximate surface area is 89.2 Å². The van der Waals surface area contributed by atoms with Gasteiger partial charge in [-0.15, -0.1) is 11.3 Å². The Hall–Kier alpha value is -0.380. The minimum atomic E-state index is 0.348. The molecule has 78 valence electrons. The lowest BCUT2D eigenvalue weighted by Gasteiger charge is -2.37. The topological polar surface area (TPSA) is 23.5 Å². The molecule has 0 radical (unpaired) electrons. The fraction of sp³-hybridized carbons (Fsp3) is 0.636. The lowest BCUT2D eigenvalue weighted by atomic mass is 10.0. The molecule has 1 aliphatic rings. The van der Waals surface area contributed by atoms with Crippen LogP contribution in [0.2, 0.25) is 0 Å². The van der Waals surface area contributed by atoms with Gasteiger partial charge in [-0.05, 0) is 18.6 Å². The predicted octanol–water partition coefficient (Wildman–Crippen LogP) is 1.73. The number of hydrogen-bond acceptors (Lipinski definition) is 3. The zero-order valence-corrected chi connectivity index (χ0v) is 9.39. The molecule has 3 heteroatoms. The highest BCUT2D eigenvalue weighted by Crippen LogP contribution is 2.23. The van der Waals surface area contributed by atoms with Crippen molar-refractivity contribution in [2.75, 3.05) is 19.7 Å². The van der Waals surface area contributed by atoms with E-state index >= 15 is 0 Å². The highest BCUT2D eigenvalue weighted by Gasteiger charge is 2.25. The summed E-state index contributed by atoms with van der Waals surface area (Å²) in [6.45, 7) is 5.75. The monoisotopic (exact) mass is 211 g/mol. The number of aryl methyl sites for hydroxylation is 1. The Bertz CT molecular complexity index is 291. The summed E-state index contributed by atoms with van der Waals surface area (Å²) in [5.41, 5.74) is 0. The molecule has 0 bridgehead atoms. The molecule has 2 nitrogen and oxygen atoms in total. The van der Waals surface area contributed by atoms with Crippen LogP contribution in [0.4, 0.5) is 0 Å². The molecule has 0 saturated carbocycles.